The van der Waals surface area contributed by atoms with Crippen LogP contribution in [0.1, 0.15) is 11.5 Å². The summed E-state index contributed by atoms with van der Waals surface area (Å²) in [5, 5.41) is 1.03. The van der Waals surface area contributed by atoms with Crippen LogP contribution in [-0.2, 0) is 19.1 Å². The molecule has 0 amide bonds. The van der Waals surface area contributed by atoms with Crippen LogP contribution in [0.2, 0.25) is 0 Å². The number of ether oxygens (including phenoxy) is 2. The zero-order valence-corrected chi connectivity index (χ0v) is 10.9. The highest BCUT2D eigenvalue weighted by Crippen LogP contribution is 2.28. The number of carbonyl (C=O) groups is 2. The third-order valence-electron chi connectivity index (χ3n) is 2.94. The molecular weight excluding hydrogens is 265 g/mol. The Morgan fingerprint density at radius 1 is 1.20 bits per heavy atom. The Balaban J connectivity index is 2.69. The summed E-state index contributed by atoms with van der Waals surface area (Å²) in [7, 11) is 2.30. The van der Waals surface area contributed by atoms with Crippen LogP contribution in [0.25, 0.3) is 10.8 Å². The number of fused-ring (bicyclic) bond motifs is 1. The molecule has 5 nitrogen and oxygen atoms in total. The van der Waals surface area contributed by atoms with Gasteiger partial charge in [-0.2, -0.15) is 0 Å². The zero-order valence-electron chi connectivity index (χ0n) is 10.9. The first-order valence-corrected chi connectivity index (χ1v) is 5.77. The number of hydrogen-bond donors (Lipinski definition) is 0. The van der Waals surface area contributed by atoms with E-state index in [2.05, 4.69) is 14.5 Å². The maximum absolute atomic E-state index is 13.7. The van der Waals surface area contributed by atoms with E-state index in [1.165, 1.54) is 18.5 Å². The predicted molar refractivity (Wildman–Crippen MR) is 68.5 cm³/mol. The SMILES string of the molecule is COC(=O)C(C(=O)OC)c1cc(F)cc2ccncc12. The van der Waals surface area contributed by atoms with Crippen LogP contribution in [0.5, 0.6) is 0 Å². The van der Waals surface area contributed by atoms with Crippen molar-refractivity contribution in [2.24, 2.45) is 0 Å². The number of nitrogens with zero attached hydrogens (tertiary/aromatic N) is 1. The molecule has 0 unspecified atom stereocenters. The van der Waals surface area contributed by atoms with Crippen molar-refractivity contribution in [1.29, 1.82) is 0 Å². The molecule has 1 aromatic carbocycles. The number of rotatable bonds is 3. The van der Waals surface area contributed by atoms with Crippen molar-refractivity contribution in [3.05, 3.63) is 42.0 Å². The summed E-state index contributed by atoms with van der Waals surface area (Å²) in [5.74, 6) is -3.52. The molecular formula is C14H12FNO4. The van der Waals surface area contributed by atoms with Crippen molar-refractivity contribution >= 4 is 22.7 Å². The highest BCUT2D eigenvalue weighted by Gasteiger charge is 2.32. The van der Waals surface area contributed by atoms with E-state index in [4.69, 9.17) is 0 Å². The summed E-state index contributed by atoms with van der Waals surface area (Å²) < 4.78 is 22.9. The van der Waals surface area contributed by atoms with Crippen LogP contribution in [-0.4, -0.2) is 31.1 Å². The molecule has 0 atom stereocenters. The summed E-state index contributed by atoms with van der Waals surface area (Å²) in [6, 6.07) is 4.00. The molecule has 0 bridgehead atoms. The third kappa shape index (κ3) is 2.45. The Hall–Kier alpha value is -2.50. The smallest absolute Gasteiger partial charge is 0.324 e. The summed E-state index contributed by atoms with van der Waals surface area (Å²) in [6.45, 7) is 0. The van der Waals surface area contributed by atoms with Gasteiger partial charge in [-0.05, 0) is 29.1 Å². The van der Waals surface area contributed by atoms with E-state index in [1.807, 2.05) is 0 Å². The van der Waals surface area contributed by atoms with Gasteiger partial charge in [0.1, 0.15) is 5.82 Å². The molecule has 1 heterocycles. The van der Waals surface area contributed by atoms with Gasteiger partial charge in [-0.1, -0.05) is 0 Å². The van der Waals surface area contributed by atoms with Crippen molar-refractivity contribution in [3.8, 4) is 0 Å². The molecule has 0 saturated heterocycles. The lowest BCUT2D eigenvalue weighted by molar-refractivity contribution is -0.154. The van der Waals surface area contributed by atoms with Gasteiger partial charge in [0.2, 0.25) is 0 Å². The largest absolute Gasteiger partial charge is 0.468 e. The normalized spacial score (nSPS) is 10.6. The predicted octanol–water partition coefficient (Wildman–Crippen LogP) is 1.80. The van der Waals surface area contributed by atoms with Crippen molar-refractivity contribution in [2.45, 2.75) is 5.92 Å². The van der Waals surface area contributed by atoms with E-state index >= 15 is 0 Å². The number of pyridine rings is 1. The van der Waals surface area contributed by atoms with Gasteiger partial charge in [-0.25, -0.2) is 4.39 Å². The first-order valence-electron chi connectivity index (χ1n) is 5.77. The molecule has 104 valence electrons. The summed E-state index contributed by atoms with van der Waals surface area (Å²) in [4.78, 5) is 27.5. The van der Waals surface area contributed by atoms with Crippen molar-refractivity contribution < 1.29 is 23.5 Å². The first-order chi connectivity index (χ1) is 9.58. The minimum Gasteiger partial charge on any atom is -0.468 e. The highest BCUT2D eigenvalue weighted by atomic mass is 19.1. The fraction of sp³-hybridized carbons (Fsp3) is 0.214. The van der Waals surface area contributed by atoms with Gasteiger partial charge >= 0.3 is 11.9 Å². The molecule has 0 fully saturated rings. The Labute approximate surface area is 114 Å². The molecule has 20 heavy (non-hydrogen) atoms. The van der Waals surface area contributed by atoms with Gasteiger partial charge in [-0.3, -0.25) is 14.6 Å². The minimum absolute atomic E-state index is 0.173. The van der Waals surface area contributed by atoms with Crippen molar-refractivity contribution in [1.82, 2.24) is 4.98 Å². The third-order valence-corrected chi connectivity index (χ3v) is 2.94. The quantitative estimate of drug-likeness (QED) is 0.632. The van der Waals surface area contributed by atoms with Gasteiger partial charge in [0, 0.05) is 17.8 Å². The van der Waals surface area contributed by atoms with E-state index in [9.17, 15) is 14.0 Å². The summed E-state index contributed by atoms with van der Waals surface area (Å²) >= 11 is 0. The van der Waals surface area contributed by atoms with Gasteiger partial charge in [-0.15, -0.1) is 0 Å². The molecule has 0 aliphatic heterocycles. The zero-order chi connectivity index (χ0) is 14.7. The fourth-order valence-electron chi connectivity index (χ4n) is 2.01. The molecule has 0 N–H and O–H groups in total. The standard InChI is InChI=1S/C14H12FNO4/c1-19-13(17)12(14(18)20-2)10-6-9(15)5-8-3-4-16-7-11(8)10/h3-7,12H,1-2H3. The second-order valence-electron chi connectivity index (χ2n) is 4.07. The number of halogens is 1. The molecule has 2 aromatic rings. The average Bonchev–Trinajstić information content (AvgIpc) is 2.46. The lowest BCUT2D eigenvalue weighted by Crippen LogP contribution is -2.24. The number of carbonyl (C=O) groups excluding carboxylic acids is 2. The van der Waals surface area contributed by atoms with E-state index in [0.717, 1.165) is 20.3 Å². The topological polar surface area (TPSA) is 65.5 Å². The van der Waals surface area contributed by atoms with Crippen molar-refractivity contribution in [2.75, 3.05) is 14.2 Å². The molecule has 1 aromatic heterocycles. The molecule has 2 rings (SSSR count). The monoisotopic (exact) mass is 277 g/mol. The number of hydrogen-bond acceptors (Lipinski definition) is 5. The van der Waals surface area contributed by atoms with Crippen LogP contribution < -0.4 is 0 Å². The number of aromatic nitrogens is 1. The summed E-state index contributed by atoms with van der Waals surface area (Å²) in [6.07, 6.45) is 2.96. The van der Waals surface area contributed by atoms with Gasteiger partial charge < -0.3 is 9.47 Å². The van der Waals surface area contributed by atoms with E-state index in [1.54, 1.807) is 6.07 Å². The van der Waals surface area contributed by atoms with Crippen molar-refractivity contribution in [3.63, 3.8) is 0 Å². The van der Waals surface area contributed by atoms with Gasteiger partial charge in [0.05, 0.1) is 14.2 Å². The number of methoxy groups -OCH3 is 2. The minimum atomic E-state index is -1.34. The molecule has 0 aliphatic carbocycles. The average molecular weight is 277 g/mol. The summed E-state index contributed by atoms with van der Waals surface area (Å²) in [5.41, 5.74) is 0.173. The van der Waals surface area contributed by atoms with E-state index in [-0.39, 0.29) is 5.56 Å². The first kappa shape index (κ1) is 13.9. The van der Waals surface area contributed by atoms with E-state index < -0.39 is 23.7 Å². The van der Waals surface area contributed by atoms with Crippen LogP contribution in [0.4, 0.5) is 4.39 Å². The lowest BCUT2D eigenvalue weighted by Gasteiger charge is -2.15. The number of esters is 2. The Kier molecular flexibility index (Phi) is 3.93. The number of benzene rings is 1. The molecule has 6 heteroatoms. The van der Waals surface area contributed by atoms with Crippen LogP contribution in [0.3, 0.4) is 0 Å². The molecule has 0 aliphatic rings. The van der Waals surface area contributed by atoms with Crippen LogP contribution in [0, 0.1) is 5.82 Å². The van der Waals surface area contributed by atoms with Gasteiger partial charge in [0.25, 0.3) is 0 Å². The molecule has 0 saturated carbocycles. The van der Waals surface area contributed by atoms with Crippen LogP contribution >= 0.6 is 0 Å². The maximum Gasteiger partial charge on any atom is 0.324 e. The second-order valence-corrected chi connectivity index (χ2v) is 4.07. The van der Waals surface area contributed by atoms with Crippen LogP contribution in [0.15, 0.2) is 30.6 Å². The lowest BCUT2D eigenvalue weighted by atomic mass is 9.94. The molecule has 0 spiro atoms. The highest BCUT2D eigenvalue weighted by molar-refractivity contribution is 6.04. The Bertz CT molecular complexity index is 655. The maximum atomic E-state index is 13.7. The molecule has 0 radical (unpaired) electrons. The second kappa shape index (κ2) is 5.64. The fourth-order valence-corrected chi connectivity index (χ4v) is 2.01. The van der Waals surface area contributed by atoms with Gasteiger partial charge in [0.15, 0.2) is 5.92 Å². The Morgan fingerprint density at radius 2 is 1.85 bits per heavy atom. The Morgan fingerprint density at radius 3 is 2.45 bits per heavy atom. The van der Waals surface area contributed by atoms with E-state index in [0.29, 0.717) is 10.8 Å².